The lowest BCUT2D eigenvalue weighted by molar-refractivity contribution is -0.148. The van der Waals surface area contributed by atoms with Crippen molar-refractivity contribution in [3.63, 3.8) is 0 Å². The summed E-state index contributed by atoms with van der Waals surface area (Å²) in [6, 6.07) is 16.0. The molecule has 0 aromatic heterocycles. The molecular formula is C25H30N2O5. The third kappa shape index (κ3) is 5.66. The number of urea groups is 1. The second kappa shape index (κ2) is 10.8. The highest BCUT2D eigenvalue weighted by Gasteiger charge is 2.37. The molecule has 2 atom stereocenters. The number of carboxylic acid groups (broad SMARTS) is 1. The summed E-state index contributed by atoms with van der Waals surface area (Å²) >= 11 is 0. The molecular weight excluding hydrogens is 408 g/mol. The number of carbonyl (C=O) groups is 3. The average Bonchev–Trinajstić information content (AvgIpc) is 2.81. The fraction of sp³-hybridized carbons (Fsp3) is 0.400. The van der Waals surface area contributed by atoms with Gasteiger partial charge in [-0.3, -0.25) is 4.79 Å². The molecule has 7 heteroatoms. The molecule has 32 heavy (non-hydrogen) atoms. The second-order valence-corrected chi connectivity index (χ2v) is 8.07. The van der Waals surface area contributed by atoms with Crippen LogP contribution in [0.5, 0.6) is 0 Å². The van der Waals surface area contributed by atoms with Gasteiger partial charge in [0.1, 0.15) is 6.04 Å². The number of hydrogen-bond acceptors (Lipinski definition) is 4. The molecule has 2 aromatic carbocycles. The molecule has 2 amide bonds. The summed E-state index contributed by atoms with van der Waals surface area (Å²) in [4.78, 5) is 40.8. The van der Waals surface area contributed by atoms with Crippen LogP contribution < -0.4 is 0 Å². The molecule has 7 nitrogen and oxygen atoms in total. The first-order valence-corrected chi connectivity index (χ1v) is 11.0. The first-order chi connectivity index (χ1) is 15.4. The molecule has 1 aliphatic heterocycles. The predicted molar refractivity (Wildman–Crippen MR) is 120 cm³/mol. The number of amides is 2. The van der Waals surface area contributed by atoms with Gasteiger partial charge < -0.3 is 19.6 Å². The second-order valence-electron chi connectivity index (χ2n) is 8.07. The molecule has 0 saturated heterocycles. The van der Waals surface area contributed by atoms with E-state index < -0.39 is 17.9 Å². The highest BCUT2D eigenvalue weighted by atomic mass is 16.5. The van der Waals surface area contributed by atoms with Crippen molar-refractivity contribution in [3.8, 4) is 0 Å². The first-order valence-electron chi connectivity index (χ1n) is 11.0. The van der Waals surface area contributed by atoms with E-state index >= 15 is 0 Å². The van der Waals surface area contributed by atoms with Crippen molar-refractivity contribution in [1.29, 1.82) is 0 Å². The van der Waals surface area contributed by atoms with Crippen molar-refractivity contribution >= 4 is 18.0 Å². The Labute approximate surface area is 188 Å². The number of carbonyl (C=O) groups excluding carboxylic acids is 2. The highest BCUT2D eigenvalue weighted by Crippen LogP contribution is 2.25. The molecule has 1 heterocycles. The zero-order valence-electron chi connectivity index (χ0n) is 18.6. The van der Waals surface area contributed by atoms with Gasteiger partial charge in [-0.25, -0.2) is 9.59 Å². The van der Waals surface area contributed by atoms with Crippen LogP contribution in [0, 0.1) is 5.92 Å². The minimum Gasteiger partial charge on any atom is -0.480 e. The molecule has 0 saturated carbocycles. The van der Waals surface area contributed by atoms with Crippen LogP contribution in [-0.2, 0) is 33.7 Å². The van der Waals surface area contributed by atoms with E-state index in [1.54, 1.807) is 18.7 Å². The molecule has 1 aliphatic rings. The summed E-state index contributed by atoms with van der Waals surface area (Å²) in [5.41, 5.74) is 2.95. The van der Waals surface area contributed by atoms with Gasteiger partial charge in [-0.05, 0) is 30.0 Å². The first kappa shape index (κ1) is 23.3. The number of ether oxygens (including phenoxy) is 1. The topological polar surface area (TPSA) is 87.2 Å². The molecule has 0 bridgehead atoms. The Bertz CT molecular complexity index is 946. The van der Waals surface area contributed by atoms with Gasteiger partial charge in [-0.15, -0.1) is 0 Å². The minimum atomic E-state index is -1.03. The van der Waals surface area contributed by atoms with Crippen LogP contribution in [0.1, 0.15) is 30.5 Å². The maximum atomic E-state index is 13.6. The summed E-state index contributed by atoms with van der Waals surface area (Å²) in [6.45, 7) is 4.49. The summed E-state index contributed by atoms with van der Waals surface area (Å²) in [5.74, 6) is -1.92. The fourth-order valence-corrected chi connectivity index (χ4v) is 3.99. The predicted octanol–water partition coefficient (Wildman–Crippen LogP) is 3.36. The van der Waals surface area contributed by atoms with Crippen LogP contribution in [0.25, 0.3) is 0 Å². The lowest BCUT2D eigenvalue weighted by Gasteiger charge is -2.38. The summed E-state index contributed by atoms with van der Waals surface area (Å²) in [5, 5.41) is 9.83. The molecule has 0 spiro atoms. The molecule has 0 aliphatic carbocycles. The number of aliphatic carboxylic acids is 1. The van der Waals surface area contributed by atoms with E-state index in [4.69, 9.17) is 4.74 Å². The fourth-order valence-electron chi connectivity index (χ4n) is 3.99. The number of carboxylic acids is 1. The number of nitrogens with zero attached hydrogens (tertiary/aromatic N) is 2. The van der Waals surface area contributed by atoms with Gasteiger partial charge >= 0.3 is 18.0 Å². The Kier molecular flexibility index (Phi) is 7.87. The van der Waals surface area contributed by atoms with E-state index in [1.165, 1.54) is 4.90 Å². The molecule has 170 valence electrons. The van der Waals surface area contributed by atoms with Crippen LogP contribution in [0.4, 0.5) is 4.79 Å². The molecule has 0 fully saturated rings. The van der Waals surface area contributed by atoms with Crippen LogP contribution in [-0.4, -0.2) is 58.6 Å². The Morgan fingerprint density at radius 1 is 1.09 bits per heavy atom. The monoisotopic (exact) mass is 438 g/mol. The van der Waals surface area contributed by atoms with E-state index in [9.17, 15) is 19.5 Å². The Morgan fingerprint density at radius 3 is 2.41 bits per heavy atom. The summed E-state index contributed by atoms with van der Waals surface area (Å²) < 4.78 is 5.11. The molecule has 1 N–H and O–H groups in total. The van der Waals surface area contributed by atoms with Crippen LogP contribution in [0.2, 0.25) is 0 Å². The third-order valence-electron chi connectivity index (χ3n) is 5.75. The van der Waals surface area contributed by atoms with Gasteiger partial charge in [-0.1, -0.05) is 61.5 Å². The van der Waals surface area contributed by atoms with Gasteiger partial charge in [0.15, 0.2) is 0 Å². The zero-order chi connectivity index (χ0) is 23.1. The van der Waals surface area contributed by atoms with Gasteiger partial charge in [0.2, 0.25) is 0 Å². The molecule has 0 radical (unpaired) electrons. The van der Waals surface area contributed by atoms with Crippen molar-refractivity contribution in [3.05, 3.63) is 71.3 Å². The van der Waals surface area contributed by atoms with E-state index in [1.807, 2.05) is 54.6 Å². The van der Waals surface area contributed by atoms with Crippen LogP contribution in [0.3, 0.4) is 0 Å². The zero-order valence-corrected chi connectivity index (χ0v) is 18.6. The van der Waals surface area contributed by atoms with Gasteiger partial charge in [0.05, 0.1) is 12.5 Å². The number of hydrogen-bond donors (Lipinski definition) is 1. The van der Waals surface area contributed by atoms with Crippen molar-refractivity contribution < 1.29 is 24.2 Å². The van der Waals surface area contributed by atoms with Crippen LogP contribution in [0.15, 0.2) is 54.6 Å². The highest BCUT2D eigenvalue weighted by molar-refractivity contribution is 5.84. The standard InChI is InChI=1S/C25H30N2O5/c1-3-32-24(30)18(2)16-26(14-13-19-9-5-4-6-10-19)25(31)27-17-21-12-8-7-11-20(21)15-22(27)23(28)29/h4-12,18,22H,3,13-17H2,1-2H3,(H,28,29)/t18?,22-/m0/s1. The normalized spacial score (nSPS) is 16.1. The maximum absolute atomic E-state index is 13.6. The number of rotatable bonds is 8. The van der Waals surface area contributed by atoms with Crippen molar-refractivity contribution in [2.75, 3.05) is 19.7 Å². The van der Waals surface area contributed by atoms with Crippen molar-refractivity contribution in [2.24, 2.45) is 5.92 Å². The SMILES string of the molecule is CCOC(=O)C(C)CN(CCc1ccccc1)C(=O)N1Cc2ccccc2C[C@H]1C(=O)O. The van der Waals surface area contributed by atoms with Gasteiger partial charge in [0.25, 0.3) is 0 Å². The Hall–Kier alpha value is -3.35. The van der Waals surface area contributed by atoms with Crippen LogP contribution >= 0.6 is 0 Å². The molecule has 1 unspecified atom stereocenters. The number of esters is 1. The third-order valence-corrected chi connectivity index (χ3v) is 5.75. The molecule has 3 rings (SSSR count). The van der Waals surface area contributed by atoms with E-state index in [0.29, 0.717) is 13.0 Å². The quantitative estimate of drug-likeness (QED) is 0.639. The lowest BCUT2D eigenvalue weighted by atomic mass is 9.94. The number of benzene rings is 2. The smallest absolute Gasteiger partial charge is 0.326 e. The summed E-state index contributed by atoms with van der Waals surface area (Å²) in [6.07, 6.45) is 0.863. The van der Waals surface area contributed by atoms with E-state index in [2.05, 4.69) is 0 Å². The lowest BCUT2D eigenvalue weighted by Crippen LogP contribution is -2.54. The van der Waals surface area contributed by atoms with Crippen molar-refractivity contribution in [1.82, 2.24) is 9.80 Å². The average molecular weight is 439 g/mol. The van der Waals surface area contributed by atoms with E-state index in [0.717, 1.165) is 16.7 Å². The van der Waals surface area contributed by atoms with Gasteiger partial charge in [-0.2, -0.15) is 0 Å². The maximum Gasteiger partial charge on any atom is 0.326 e. The largest absolute Gasteiger partial charge is 0.480 e. The Balaban J connectivity index is 1.83. The Morgan fingerprint density at radius 2 is 1.75 bits per heavy atom. The number of fused-ring (bicyclic) bond motifs is 1. The van der Waals surface area contributed by atoms with Crippen molar-refractivity contribution in [2.45, 2.75) is 39.3 Å². The minimum absolute atomic E-state index is 0.162. The summed E-state index contributed by atoms with van der Waals surface area (Å²) in [7, 11) is 0. The molecule has 2 aromatic rings. The van der Waals surface area contributed by atoms with Gasteiger partial charge in [0, 0.05) is 26.1 Å². The van der Waals surface area contributed by atoms with E-state index in [-0.39, 0.29) is 38.1 Å².